The summed E-state index contributed by atoms with van der Waals surface area (Å²) >= 11 is 0. The van der Waals surface area contributed by atoms with Gasteiger partial charge in [-0.15, -0.1) is 0 Å². The van der Waals surface area contributed by atoms with Crippen molar-refractivity contribution >= 4 is 27.8 Å². The molecule has 94 valence electrons. The Hall–Kier alpha value is -2.55. The lowest BCUT2D eigenvalue weighted by molar-refractivity contribution is 0.633. The fraction of sp³-hybridized carbons (Fsp3) is 0. The van der Waals surface area contributed by atoms with Gasteiger partial charge in [-0.1, -0.05) is 30.3 Å². The van der Waals surface area contributed by atoms with E-state index in [9.17, 15) is 4.39 Å². The summed E-state index contributed by atoms with van der Waals surface area (Å²) in [5, 5.41) is 5.49. The second-order valence-corrected chi connectivity index (χ2v) is 4.42. The molecule has 3 heteroatoms. The van der Waals surface area contributed by atoms with E-state index in [1.165, 1.54) is 11.5 Å². The zero-order valence-corrected chi connectivity index (χ0v) is 10.2. The molecule has 0 radical (unpaired) electrons. The Morgan fingerprint density at radius 3 is 2.26 bits per heavy atom. The van der Waals surface area contributed by atoms with Crippen molar-refractivity contribution < 1.29 is 4.39 Å². The average Bonchev–Trinajstić information content (AvgIpc) is 2.43. The Morgan fingerprint density at radius 2 is 1.47 bits per heavy atom. The highest BCUT2D eigenvalue weighted by Crippen LogP contribution is 2.23. The molecule has 0 aromatic heterocycles. The number of nitrogens with one attached hydrogen (secondary N) is 1. The van der Waals surface area contributed by atoms with Crippen molar-refractivity contribution in [3.8, 4) is 0 Å². The van der Waals surface area contributed by atoms with E-state index in [-0.39, 0.29) is 5.69 Å². The van der Waals surface area contributed by atoms with Gasteiger partial charge in [-0.25, -0.2) is 4.39 Å². The maximum atomic E-state index is 13.4. The highest BCUT2D eigenvalue weighted by molar-refractivity contribution is 5.86. The lowest BCUT2D eigenvalue weighted by Crippen LogP contribution is -1.94. The van der Waals surface area contributed by atoms with Crippen molar-refractivity contribution in [2.45, 2.75) is 0 Å². The maximum Gasteiger partial charge on any atom is 0.148 e. The molecule has 0 saturated carbocycles. The number of hydrogen-bond acceptors (Lipinski definition) is 2. The van der Waals surface area contributed by atoms with Crippen molar-refractivity contribution in [3.05, 3.63) is 66.5 Å². The summed E-state index contributed by atoms with van der Waals surface area (Å²) in [7, 11) is 0. The zero-order chi connectivity index (χ0) is 13.2. The summed E-state index contributed by atoms with van der Waals surface area (Å²) < 4.78 is 13.4. The Labute approximate surface area is 110 Å². The molecule has 0 heterocycles. The Kier molecular flexibility index (Phi) is 2.80. The molecule has 0 aliphatic heterocycles. The van der Waals surface area contributed by atoms with E-state index in [1.807, 2.05) is 36.4 Å². The number of hydrogen-bond donors (Lipinski definition) is 2. The van der Waals surface area contributed by atoms with E-state index >= 15 is 0 Å². The van der Waals surface area contributed by atoms with E-state index < -0.39 is 5.82 Å². The first-order valence-corrected chi connectivity index (χ1v) is 6.03. The standard InChI is InChI=1S/C16H13FN2/c17-15-10-14(7-8-16(15)18)19-13-6-5-11-3-1-2-4-12(11)9-13/h1-10,19H,18H2. The fourth-order valence-corrected chi connectivity index (χ4v) is 2.04. The van der Waals surface area contributed by atoms with Crippen molar-refractivity contribution in [2.75, 3.05) is 11.1 Å². The molecule has 0 amide bonds. The van der Waals surface area contributed by atoms with Crippen LogP contribution in [0.4, 0.5) is 21.5 Å². The van der Waals surface area contributed by atoms with Gasteiger partial charge in [0, 0.05) is 11.4 Å². The van der Waals surface area contributed by atoms with Gasteiger partial charge in [-0.05, 0) is 41.1 Å². The Bertz CT molecular complexity index is 738. The summed E-state index contributed by atoms with van der Waals surface area (Å²) in [5.74, 6) is -0.411. The molecule has 0 atom stereocenters. The van der Waals surface area contributed by atoms with E-state index in [0.717, 1.165) is 11.1 Å². The monoisotopic (exact) mass is 252 g/mol. The maximum absolute atomic E-state index is 13.4. The molecule has 3 aromatic rings. The molecule has 19 heavy (non-hydrogen) atoms. The van der Waals surface area contributed by atoms with E-state index in [1.54, 1.807) is 12.1 Å². The lowest BCUT2D eigenvalue weighted by Gasteiger charge is -2.08. The first kappa shape index (κ1) is 11.5. The molecule has 0 spiro atoms. The predicted octanol–water partition coefficient (Wildman–Crippen LogP) is 4.30. The smallest absolute Gasteiger partial charge is 0.148 e. The third-order valence-corrected chi connectivity index (χ3v) is 3.04. The molecule has 2 nitrogen and oxygen atoms in total. The number of halogens is 1. The molecular formula is C16H13FN2. The summed E-state index contributed by atoms with van der Waals surface area (Å²) in [5.41, 5.74) is 7.21. The number of nitrogen functional groups attached to an aromatic ring is 1. The minimum Gasteiger partial charge on any atom is -0.396 e. The highest BCUT2D eigenvalue weighted by Gasteiger charge is 2.01. The summed E-state index contributed by atoms with van der Waals surface area (Å²) in [6, 6.07) is 18.8. The normalized spacial score (nSPS) is 10.6. The second kappa shape index (κ2) is 4.61. The van der Waals surface area contributed by atoms with E-state index in [4.69, 9.17) is 5.73 Å². The molecular weight excluding hydrogens is 239 g/mol. The average molecular weight is 252 g/mol. The van der Waals surface area contributed by atoms with Crippen LogP contribution in [0, 0.1) is 5.82 Å². The van der Waals surface area contributed by atoms with Gasteiger partial charge in [0.15, 0.2) is 0 Å². The van der Waals surface area contributed by atoms with Crippen LogP contribution in [0.15, 0.2) is 60.7 Å². The largest absolute Gasteiger partial charge is 0.396 e. The van der Waals surface area contributed by atoms with Crippen molar-refractivity contribution in [2.24, 2.45) is 0 Å². The van der Waals surface area contributed by atoms with Crippen LogP contribution in [0.5, 0.6) is 0 Å². The van der Waals surface area contributed by atoms with Crippen LogP contribution >= 0.6 is 0 Å². The first-order chi connectivity index (χ1) is 9.22. The number of nitrogens with two attached hydrogens (primary N) is 1. The van der Waals surface area contributed by atoms with Crippen LogP contribution in [0.1, 0.15) is 0 Å². The predicted molar refractivity (Wildman–Crippen MR) is 78.0 cm³/mol. The Morgan fingerprint density at radius 1 is 0.789 bits per heavy atom. The van der Waals surface area contributed by atoms with Crippen LogP contribution < -0.4 is 11.1 Å². The molecule has 0 aliphatic carbocycles. The highest BCUT2D eigenvalue weighted by atomic mass is 19.1. The number of fused-ring (bicyclic) bond motifs is 1. The van der Waals surface area contributed by atoms with Crippen LogP contribution in [-0.4, -0.2) is 0 Å². The molecule has 0 saturated heterocycles. The molecule has 0 unspecified atom stereocenters. The van der Waals surface area contributed by atoms with E-state index in [0.29, 0.717) is 5.69 Å². The zero-order valence-electron chi connectivity index (χ0n) is 10.2. The number of anilines is 3. The van der Waals surface area contributed by atoms with Crippen LogP contribution in [0.25, 0.3) is 10.8 Å². The van der Waals surface area contributed by atoms with Gasteiger partial charge < -0.3 is 11.1 Å². The van der Waals surface area contributed by atoms with Gasteiger partial charge in [0.05, 0.1) is 5.69 Å². The number of benzene rings is 3. The molecule has 0 fully saturated rings. The van der Waals surface area contributed by atoms with Crippen LogP contribution in [0.3, 0.4) is 0 Å². The van der Waals surface area contributed by atoms with Gasteiger partial charge in [-0.3, -0.25) is 0 Å². The van der Waals surface area contributed by atoms with Crippen LogP contribution in [-0.2, 0) is 0 Å². The SMILES string of the molecule is Nc1ccc(Nc2ccc3ccccc3c2)cc1F. The van der Waals surface area contributed by atoms with Gasteiger partial charge in [0.2, 0.25) is 0 Å². The molecule has 3 rings (SSSR count). The molecule has 0 aliphatic rings. The lowest BCUT2D eigenvalue weighted by atomic mass is 10.1. The third kappa shape index (κ3) is 2.36. The second-order valence-electron chi connectivity index (χ2n) is 4.42. The quantitative estimate of drug-likeness (QED) is 0.667. The summed E-state index contributed by atoms with van der Waals surface area (Å²) in [6.07, 6.45) is 0. The molecule has 0 bridgehead atoms. The molecule has 3 N–H and O–H groups in total. The van der Waals surface area contributed by atoms with Crippen molar-refractivity contribution in [1.82, 2.24) is 0 Å². The number of rotatable bonds is 2. The molecule has 3 aromatic carbocycles. The minimum atomic E-state index is -0.411. The van der Waals surface area contributed by atoms with Crippen LogP contribution in [0.2, 0.25) is 0 Å². The van der Waals surface area contributed by atoms with Gasteiger partial charge in [0.1, 0.15) is 5.82 Å². The van der Waals surface area contributed by atoms with Crippen molar-refractivity contribution in [3.63, 3.8) is 0 Å². The summed E-state index contributed by atoms with van der Waals surface area (Å²) in [4.78, 5) is 0. The van der Waals surface area contributed by atoms with Crippen molar-refractivity contribution in [1.29, 1.82) is 0 Å². The van der Waals surface area contributed by atoms with E-state index in [2.05, 4.69) is 11.4 Å². The fourth-order valence-electron chi connectivity index (χ4n) is 2.04. The van der Waals surface area contributed by atoms with Gasteiger partial charge >= 0.3 is 0 Å². The third-order valence-electron chi connectivity index (χ3n) is 3.04. The topological polar surface area (TPSA) is 38.0 Å². The first-order valence-electron chi connectivity index (χ1n) is 6.03. The summed E-state index contributed by atoms with van der Waals surface area (Å²) in [6.45, 7) is 0. The van der Waals surface area contributed by atoms with Gasteiger partial charge in [-0.2, -0.15) is 0 Å². The minimum absolute atomic E-state index is 0.157. The Balaban J connectivity index is 1.94. The van der Waals surface area contributed by atoms with Gasteiger partial charge in [0.25, 0.3) is 0 Å².